The number of benzene rings is 4. The highest BCUT2D eigenvalue weighted by Crippen LogP contribution is 2.48. The lowest BCUT2D eigenvalue weighted by Crippen LogP contribution is -2.47. The summed E-state index contributed by atoms with van der Waals surface area (Å²) in [6.45, 7) is 12.5. The molecule has 65 heavy (non-hydrogen) atoms. The maximum atomic E-state index is 10.2. The first-order valence-electron chi connectivity index (χ1n) is 23.5. The molecule has 6 heterocycles. The van der Waals surface area contributed by atoms with Gasteiger partial charge in [-0.1, -0.05) is 60.7 Å². The van der Waals surface area contributed by atoms with Crippen molar-refractivity contribution in [2.24, 2.45) is 10.4 Å². The summed E-state index contributed by atoms with van der Waals surface area (Å²) in [5.41, 5.74) is 11.5. The van der Waals surface area contributed by atoms with Crippen molar-refractivity contribution in [3.05, 3.63) is 171 Å². The lowest BCUT2D eigenvalue weighted by atomic mass is 9.69. The van der Waals surface area contributed by atoms with E-state index in [1.165, 1.54) is 64.1 Å². The van der Waals surface area contributed by atoms with Crippen molar-refractivity contribution >= 4 is 22.7 Å². The van der Waals surface area contributed by atoms with E-state index in [9.17, 15) is 5.11 Å². The van der Waals surface area contributed by atoms with Crippen molar-refractivity contribution < 1.29 is 14.3 Å². The zero-order chi connectivity index (χ0) is 44.1. The second kappa shape index (κ2) is 17.4. The third-order valence-corrected chi connectivity index (χ3v) is 16.3. The van der Waals surface area contributed by atoms with Gasteiger partial charge in [-0.2, -0.15) is 0 Å². The van der Waals surface area contributed by atoms with Gasteiger partial charge in [-0.05, 0) is 148 Å². The molecule has 4 aliphatic rings. The molecule has 10 nitrogen and oxygen atoms in total. The van der Waals surface area contributed by atoms with E-state index in [-0.39, 0.29) is 12.0 Å². The maximum Gasteiger partial charge on any atom is 0.196 e. The molecular formula is C54H57N7O3S. The predicted molar refractivity (Wildman–Crippen MR) is 257 cm³/mol. The standard InChI is InChI=1S/C54H57N7O3S/c1-35-36(2)65-53-49(35)51(56-47(34-48-55-25-31-64-48)52-58-57-37(3)61(52)53)40-9-14-42(15-10-40)60-28-23-54(24-29-60)21-26-59(27-22-54)30-32-63-44-17-11-39(12-18-44)50-45(38-7-5-4-6-8-38)19-13-41-33-43(62)16-20-46(41)50/h4-12,14-18,20,25,31,33,45,47,50,62H,13,19,21-24,26-30,32,34H2,1-3H3/t45-,47?,50+/m1/s1. The number of oxazole rings is 1. The molecule has 0 saturated carbocycles. The second-order valence-electron chi connectivity index (χ2n) is 18.7. The minimum absolute atomic E-state index is 0.237. The predicted octanol–water partition coefficient (Wildman–Crippen LogP) is 10.7. The molecule has 3 atom stereocenters. The molecule has 2 saturated heterocycles. The fourth-order valence-corrected chi connectivity index (χ4v) is 12.4. The molecule has 11 heteroatoms. The van der Waals surface area contributed by atoms with Gasteiger partial charge in [0.15, 0.2) is 11.7 Å². The number of nitrogens with zero attached hydrogens (tertiary/aromatic N) is 7. The van der Waals surface area contributed by atoms with Crippen molar-refractivity contribution in [3.63, 3.8) is 0 Å². The van der Waals surface area contributed by atoms with E-state index >= 15 is 0 Å². The number of hydrogen-bond donors (Lipinski definition) is 1. The number of aliphatic imine (C=N–C) groups is 1. The van der Waals surface area contributed by atoms with Gasteiger partial charge in [0.25, 0.3) is 0 Å². The van der Waals surface area contributed by atoms with Crippen LogP contribution in [-0.4, -0.2) is 74.8 Å². The highest BCUT2D eigenvalue weighted by Gasteiger charge is 2.38. The van der Waals surface area contributed by atoms with Crippen LogP contribution in [0.25, 0.3) is 5.00 Å². The molecule has 332 valence electrons. The minimum atomic E-state index is -0.281. The molecule has 0 radical (unpaired) electrons. The molecule has 1 N–H and O–H groups in total. The topological polar surface area (TPSA) is 105 Å². The van der Waals surface area contributed by atoms with Crippen LogP contribution in [0.4, 0.5) is 5.69 Å². The van der Waals surface area contributed by atoms with Crippen molar-refractivity contribution in [2.75, 3.05) is 44.2 Å². The number of phenolic OH excluding ortho intramolecular Hbond substituents is 1. The molecule has 7 aromatic rings. The monoisotopic (exact) mass is 883 g/mol. The molecule has 1 spiro atoms. The molecule has 0 amide bonds. The summed E-state index contributed by atoms with van der Waals surface area (Å²) < 4.78 is 14.2. The number of aromatic hydroxyl groups is 1. The van der Waals surface area contributed by atoms with Crippen LogP contribution >= 0.6 is 11.3 Å². The first-order chi connectivity index (χ1) is 31.8. The van der Waals surface area contributed by atoms with Gasteiger partial charge in [-0.15, -0.1) is 21.5 Å². The van der Waals surface area contributed by atoms with E-state index in [0.717, 1.165) is 84.8 Å². The maximum absolute atomic E-state index is 10.2. The average Bonchev–Trinajstić information content (AvgIpc) is 4.05. The number of rotatable bonds is 10. The van der Waals surface area contributed by atoms with E-state index in [2.05, 4.69) is 128 Å². The van der Waals surface area contributed by atoms with Crippen molar-refractivity contribution in [1.82, 2.24) is 24.6 Å². The van der Waals surface area contributed by atoms with Gasteiger partial charge in [-0.25, -0.2) is 4.98 Å². The summed E-state index contributed by atoms with van der Waals surface area (Å²) in [5, 5.41) is 20.5. The van der Waals surface area contributed by atoms with Crippen molar-refractivity contribution in [1.29, 1.82) is 0 Å². The Kier molecular flexibility index (Phi) is 11.1. The Morgan fingerprint density at radius 1 is 0.846 bits per heavy atom. The molecule has 1 aliphatic carbocycles. The number of aromatic nitrogens is 4. The Morgan fingerprint density at radius 3 is 2.37 bits per heavy atom. The van der Waals surface area contributed by atoms with Crippen LogP contribution in [0.15, 0.2) is 119 Å². The van der Waals surface area contributed by atoms with Crippen LogP contribution in [-0.2, 0) is 12.8 Å². The summed E-state index contributed by atoms with van der Waals surface area (Å²) in [4.78, 5) is 16.3. The molecule has 3 aliphatic heterocycles. The third-order valence-electron chi connectivity index (χ3n) is 15.1. The lowest BCUT2D eigenvalue weighted by Gasteiger charge is -2.47. The normalized spacial score (nSPS) is 20.4. The highest BCUT2D eigenvalue weighted by atomic mass is 32.1. The number of phenols is 1. The second-order valence-corrected chi connectivity index (χ2v) is 19.9. The number of fused-ring (bicyclic) bond motifs is 4. The van der Waals surface area contributed by atoms with Crippen LogP contribution in [0.5, 0.6) is 11.5 Å². The zero-order valence-corrected chi connectivity index (χ0v) is 38.4. The van der Waals surface area contributed by atoms with Crippen LogP contribution < -0.4 is 9.64 Å². The first-order valence-corrected chi connectivity index (χ1v) is 24.3. The van der Waals surface area contributed by atoms with Crippen LogP contribution in [0.3, 0.4) is 0 Å². The average molecular weight is 884 g/mol. The number of ether oxygens (including phenoxy) is 1. The van der Waals surface area contributed by atoms with E-state index in [1.54, 1.807) is 23.8 Å². The number of anilines is 1. The summed E-state index contributed by atoms with van der Waals surface area (Å²) in [7, 11) is 0. The Hall–Kier alpha value is -6.04. The van der Waals surface area contributed by atoms with Crippen LogP contribution in [0.2, 0.25) is 0 Å². The smallest absolute Gasteiger partial charge is 0.196 e. The van der Waals surface area contributed by atoms with Crippen molar-refractivity contribution in [3.8, 4) is 16.5 Å². The number of aryl methyl sites for hydroxylation is 3. The van der Waals surface area contributed by atoms with Gasteiger partial charge in [0.05, 0.1) is 18.3 Å². The molecule has 11 rings (SSSR count). The van der Waals surface area contributed by atoms with Gasteiger partial charge >= 0.3 is 0 Å². The quantitative estimate of drug-likeness (QED) is 0.145. The molecular weight excluding hydrogens is 827 g/mol. The summed E-state index contributed by atoms with van der Waals surface area (Å²) in [6.07, 6.45) is 10.8. The van der Waals surface area contributed by atoms with E-state index in [4.69, 9.17) is 14.1 Å². The zero-order valence-electron chi connectivity index (χ0n) is 37.6. The Bertz CT molecular complexity index is 2800. The molecule has 4 aromatic carbocycles. The number of hydrogen-bond acceptors (Lipinski definition) is 10. The Morgan fingerprint density at radius 2 is 1.62 bits per heavy atom. The fourth-order valence-electron chi connectivity index (χ4n) is 11.2. The largest absolute Gasteiger partial charge is 0.508 e. The van der Waals surface area contributed by atoms with Gasteiger partial charge < -0.3 is 19.2 Å². The van der Waals surface area contributed by atoms with Gasteiger partial charge in [-0.3, -0.25) is 14.5 Å². The number of likely N-dealkylation sites (tertiary alicyclic amines) is 1. The fraction of sp³-hybridized carbons (Fsp3) is 0.370. The Labute approximate surface area is 385 Å². The van der Waals surface area contributed by atoms with E-state index in [1.807, 2.05) is 19.1 Å². The Balaban J connectivity index is 0.699. The first kappa shape index (κ1) is 41.7. The van der Waals surface area contributed by atoms with Gasteiger partial charge in [0.2, 0.25) is 0 Å². The van der Waals surface area contributed by atoms with Gasteiger partial charge in [0.1, 0.15) is 41.2 Å². The molecule has 1 unspecified atom stereocenters. The number of piperidine rings is 2. The molecule has 3 aromatic heterocycles. The lowest BCUT2D eigenvalue weighted by molar-refractivity contribution is 0.0716. The highest BCUT2D eigenvalue weighted by molar-refractivity contribution is 7.15. The number of thiophene rings is 1. The van der Waals surface area contributed by atoms with E-state index in [0.29, 0.717) is 36.0 Å². The summed E-state index contributed by atoms with van der Waals surface area (Å²) in [5.74, 6) is 4.22. The molecule has 0 bridgehead atoms. The summed E-state index contributed by atoms with van der Waals surface area (Å²) in [6, 6.07) is 34.5. The van der Waals surface area contributed by atoms with Gasteiger partial charge in [0, 0.05) is 47.2 Å². The van der Waals surface area contributed by atoms with Crippen LogP contribution in [0, 0.1) is 26.2 Å². The third kappa shape index (κ3) is 8.07. The van der Waals surface area contributed by atoms with Crippen LogP contribution in [0.1, 0.15) is 111 Å². The van der Waals surface area contributed by atoms with E-state index < -0.39 is 0 Å². The minimum Gasteiger partial charge on any atom is -0.508 e. The SMILES string of the molecule is Cc1sc2c(c1C)C(c1ccc(N3CCC4(CCN(CCOc5ccc([C@@H]6c7ccc(O)cc7CC[C@@H]6c6ccccc6)cc5)CC4)CC3)cc1)=NC(Cc1ncco1)c1nnc(C)n1-2. The summed E-state index contributed by atoms with van der Waals surface area (Å²) >= 11 is 1.78. The molecule has 2 fully saturated rings. The van der Waals surface area contributed by atoms with Crippen molar-refractivity contribution in [2.45, 2.75) is 83.6 Å².